The topological polar surface area (TPSA) is 49.9 Å². The van der Waals surface area contributed by atoms with Gasteiger partial charge in [-0.15, -0.1) is 0 Å². The molecule has 5 nitrogen and oxygen atoms in total. The predicted molar refractivity (Wildman–Crippen MR) is 67.3 cm³/mol. The zero-order chi connectivity index (χ0) is 15.8. The number of hydrogen-bond acceptors (Lipinski definition) is 4. The van der Waals surface area contributed by atoms with Crippen LogP contribution in [0.1, 0.15) is 19.8 Å². The number of halogens is 3. The van der Waals surface area contributed by atoms with E-state index in [9.17, 15) is 22.8 Å². The van der Waals surface area contributed by atoms with Gasteiger partial charge in [0.1, 0.15) is 6.54 Å². The zero-order valence-electron chi connectivity index (χ0n) is 12.0. The first kappa shape index (κ1) is 16.2. The Morgan fingerprint density at radius 3 is 2.57 bits per heavy atom. The van der Waals surface area contributed by atoms with Crippen molar-refractivity contribution < 1.29 is 27.5 Å². The summed E-state index contributed by atoms with van der Waals surface area (Å²) in [6.07, 6.45) is -4.03. The number of ether oxygens (including phenoxy) is 1. The maximum absolute atomic E-state index is 12.4. The van der Waals surface area contributed by atoms with Gasteiger partial charge >= 0.3 is 6.18 Å². The van der Waals surface area contributed by atoms with Gasteiger partial charge in [-0.2, -0.15) is 13.2 Å². The maximum atomic E-state index is 12.4. The van der Waals surface area contributed by atoms with Crippen LogP contribution in [0.2, 0.25) is 0 Å². The van der Waals surface area contributed by atoms with Crippen molar-refractivity contribution in [1.82, 2.24) is 9.80 Å². The van der Waals surface area contributed by atoms with E-state index in [1.807, 2.05) is 6.92 Å². The average Bonchev–Trinajstić information content (AvgIpc) is 2.66. The summed E-state index contributed by atoms with van der Waals surface area (Å²) in [6, 6.07) is -0.787. The summed E-state index contributed by atoms with van der Waals surface area (Å²) in [5.74, 6) is -1.18. The fraction of sp³-hybridized carbons (Fsp3) is 0.846. The molecule has 2 fully saturated rings. The molecule has 0 radical (unpaired) electrons. The second-order valence-corrected chi connectivity index (χ2v) is 5.69. The smallest absolute Gasteiger partial charge is 0.380 e. The Kier molecular flexibility index (Phi) is 4.57. The second-order valence-electron chi connectivity index (χ2n) is 5.69. The molecule has 2 rings (SSSR count). The van der Waals surface area contributed by atoms with E-state index in [2.05, 4.69) is 0 Å². The van der Waals surface area contributed by atoms with Crippen LogP contribution in [-0.2, 0) is 14.3 Å². The molecule has 21 heavy (non-hydrogen) atoms. The molecule has 2 aliphatic rings. The first-order valence-corrected chi connectivity index (χ1v) is 6.90. The molecule has 0 aromatic heterocycles. The van der Waals surface area contributed by atoms with Crippen LogP contribution in [0.25, 0.3) is 0 Å². The van der Waals surface area contributed by atoms with Crippen LogP contribution in [0, 0.1) is 5.92 Å². The van der Waals surface area contributed by atoms with Gasteiger partial charge in [-0.1, -0.05) is 6.92 Å². The highest BCUT2D eigenvalue weighted by Gasteiger charge is 2.47. The SMILES string of the molecule is CO[C@@H]1CN([C@H]2CC(=O)N(CC(F)(F)F)C2=O)CC[C@H]1C. The van der Waals surface area contributed by atoms with Crippen LogP contribution in [0.15, 0.2) is 0 Å². The van der Waals surface area contributed by atoms with Crippen LogP contribution in [0.3, 0.4) is 0 Å². The summed E-state index contributed by atoms with van der Waals surface area (Å²) < 4.78 is 42.6. The molecule has 0 saturated carbocycles. The number of imide groups is 1. The van der Waals surface area contributed by atoms with Crippen LogP contribution < -0.4 is 0 Å². The third-order valence-electron chi connectivity index (χ3n) is 4.22. The number of alkyl halides is 3. The summed E-state index contributed by atoms with van der Waals surface area (Å²) >= 11 is 0. The number of carbonyl (C=O) groups is 2. The molecule has 0 aromatic carbocycles. The van der Waals surface area contributed by atoms with Gasteiger partial charge in [0.15, 0.2) is 0 Å². The third kappa shape index (κ3) is 3.55. The van der Waals surface area contributed by atoms with Crippen molar-refractivity contribution in [3.63, 3.8) is 0 Å². The van der Waals surface area contributed by atoms with Crippen molar-refractivity contribution in [3.8, 4) is 0 Å². The van der Waals surface area contributed by atoms with Gasteiger partial charge in [0.05, 0.1) is 18.6 Å². The van der Waals surface area contributed by atoms with Crippen molar-refractivity contribution in [2.75, 3.05) is 26.7 Å². The number of likely N-dealkylation sites (tertiary alicyclic amines) is 2. The van der Waals surface area contributed by atoms with Gasteiger partial charge in [-0.3, -0.25) is 19.4 Å². The number of carbonyl (C=O) groups excluding carboxylic acids is 2. The first-order chi connectivity index (χ1) is 9.73. The van der Waals surface area contributed by atoms with Gasteiger partial charge in [0, 0.05) is 13.7 Å². The molecular weight excluding hydrogens is 289 g/mol. The van der Waals surface area contributed by atoms with E-state index in [0.29, 0.717) is 23.9 Å². The van der Waals surface area contributed by atoms with E-state index in [0.717, 1.165) is 6.42 Å². The number of amides is 2. The summed E-state index contributed by atoms with van der Waals surface area (Å²) in [7, 11) is 1.57. The minimum Gasteiger partial charge on any atom is -0.380 e. The minimum absolute atomic E-state index is 0.0710. The van der Waals surface area contributed by atoms with Gasteiger partial charge < -0.3 is 4.74 Å². The van der Waals surface area contributed by atoms with Crippen LogP contribution in [0.5, 0.6) is 0 Å². The Hall–Kier alpha value is -1.15. The average molecular weight is 308 g/mol. The van der Waals surface area contributed by atoms with Gasteiger partial charge in [0.25, 0.3) is 0 Å². The Bertz CT molecular complexity index is 427. The molecule has 0 bridgehead atoms. The molecule has 0 aliphatic carbocycles. The Balaban J connectivity index is 2.05. The summed E-state index contributed by atoms with van der Waals surface area (Å²) in [6.45, 7) is 1.58. The van der Waals surface area contributed by atoms with Gasteiger partial charge in [-0.05, 0) is 18.9 Å². The highest BCUT2D eigenvalue weighted by Crippen LogP contribution is 2.28. The normalized spacial score (nSPS) is 32.0. The summed E-state index contributed by atoms with van der Waals surface area (Å²) in [5.41, 5.74) is 0. The number of piperidine rings is 1. The van der Waals surface area contributed by atoms with Crippen LogP contribution in [-0.4, -0.2) is 66.7 Å². The highest BCUT2D eigenvalue weighted by atomic mass is 19.4. The van der Waals surface area contributed by atoms with Gasteiger partial charge in [0.2, 0.25) is 11.8 Å². The molecule has 0 aromatic rings. The lowest BCUT2D eigenvalue weighted by molar-refractivity contribution is -0.166. The first-order valence-electron chi connectivity index (χ1n) is 6.90. The second kappa shape index (κ2) is 5.92. The lowest BCUT2D eigenvalue weighted by Crippen LogP contribution is -2.51. The van der Waals surface area contributed by atoms with Crippen molar-refractivity contribution >= 4 is 11.8 Å². The molecular formula is C13H19F3N2O3. The molecule has 2 aliphatic heterocycles. The largest absolute Gasteiger partial charge is 0.406 e. The highest BCUT2D eigenvalue weighted by molar-refractivity contribution is 6.05. The summed E-state index contributed by atoms with van der Waals surface area (Å²) in [4.78, 5) is 25.9. The van der Waals surface area contributed by atoms with E-state index in [1.165, 1.54) is 0 Å². The molecule has 0 spiro atoms. The molecule has 2 amide bonds. The molecule has 0 N–H and O–H groups in total. The molecule has 2 saturated heterocycles. The Labute approximate surface area is 121 Å². The fourth-order valence-corrected chi connectivity index (χ4v) is 2.94. The van der Waals surface area contributed by atoms with E-state index < -0.39 is 30.6 Å². The van der Waals surface area contributed by atoms with Gasteiger partial charge in [-0.25, -0.2) is 0 Å². The number of rotatable bonds is 3. The third-order valence-corrected chi connectivity index (χ3v) is 4.22. The monoisotopic (exact) mass is 308 g/mol. The standard InChI is InChI=1S/C13H19F3N2O3/c1-8-3-4-17(6-10(8)21-2)9-5-11(19)18(12(9)20)7-13(14,15)16/h8-10H,3-7H2,1-2H3/t8-,9+,10-/m1/s1. The van der Waals surface area contributed by atoms with Crippen molar-refractivity contribution in [2.24, 2.45) is 5.92 Å². The Morgan fingerprint density at radius 1 is 1.33 bits per heavy atom. The predicted octanol–water partition coefficient (Wildman–Crippen LogP) is 1.03. The molecule has 0 unspecified atom stereocenters. The van der Waals surface area contributed by atoms with E-state index in [1.54, 1.807) is 12.0 Å². The number of methoxy groups -OCH3 is 1. The molecule has 3 atom stereocenters. The van der Waals surface area contributed by atoms with E-state index >= 15 is 0 Å². The lowest BCUT2D eigenvalue weighted by atomic mass is 9.94. The minimum atomic E-state index is -4.56. The van der Waals surface area contributed by atoms with Crippen molar-refractivity contribution in [1.29, 1.82) is 0 Å². The van der Waals surface area contributed by atoms with Crippen LogP contribution >= 0.6 is 0 Å². The fourth-order valence-electron chi connectivity index (χ4n) is 2.94. The molecule has 8 heteroatoms. The van der Waals surface area contributed by atoms with Crippen molar-refractivity contribution in [2.45, 2.75) is 38.1 Å². The Morgan fingerprint density at radius 2 is 2.00 bits per heavy atom. The van der Waals surface area contributed by atoms with Crippen molar-refractivity contribution in [3.05, 3.63) is 0 Å². The van der Waals surface area contributed by atoms with E-state index in [-0.39, 0.29) is 12.5 Å². The zero-order valence-corrected chi connectivity index (χ0v) is 12.0. The number of hydrogen-bond donors (Lipinski definition) is 0. The maximum Gasteiger partial charge on any atom is 0.406 e. The number of nitrogens with zero attached hydrogens (tertiary/aromatic N) is 2. The summed E-state index contributed by atoms with van der Waals surface area (Å²) in [5, 5.41) is 0. The molecule has 2 heterocycles. The quantitative estimate of drug-likeness (QED) is 0.731. The lowest BCUT2D eigenvalue weighted by Gasteiger charge is -2.38. The van der Waals surface area contributed by atoms with Crippen LogP contribution in [0.4, 0.5) is 13.2 Å². The molecule has 120 valence electrons. The van der Waals surface area contributed by atoms with E-state index in [4.69, 9.17) is 4.74 Å².